The maximum Gasteiger partial charge on any atom is 0.408 e. The number of hydrogen-bond acceptors (Lipinski definition) is 6. The van der Waals surface area contributed by atoms with Crippen LogP contribution in [0.3, 0.4) is 0 Å². The predicted octanol–water partition coefficient (Wildman–Crippen LogP) is 4.49. The number of carbonyl (C=O) groups is 2. The Morgan fingerprint density at radius 2 is 1.77 bits per heavy atom. The molecule has 0 bridgehead atoms. The molecule has 2 heterocycles. The zero-order chi connectivity index (χ0) is 23.3. The summed E-state index contributed by atoms with van der Waals surface area (Å²) in [5, 5.41) is 2.39. The summed E-state index contributed by atoms with van der Waals surface area (Å²) in [5.74, 6) is 0.945. The van der Waals surface area contributed by atoms with Crippen molar-refractivity contribution in [3.05, 3.63) is 46.9 Å². The van der Waals surface area contributed by atoms with Gasteiger partial charge in [0.2, 0.25) is 0 Å². The summed E-state index contributed by atoms with van der Waals surface area (Å²) in [7, 11) is 1.31. The van der Waals surface area contributed by atoms with Gasteiger partial charge in [-0.05, 0) is 71.4 Å². The summed E-state index contributed by atoms with van der Waals surface area (Å²) in [6.07, 6.45) is -0.648. The lowest BCUT2D eigenvalue weighted by atomic mass is 10.2. The number of nitrogens with one attached hydrogen (secondary N) is 1. The standard InChI is InChI=1S/C23H33N3O4S/c1-14-11-18(24-19(12-14)26-15(2)9-10-16(26)3)13-31-17(4)20(21(27)29-8)25-22(28)30-23(5,6)7/h9-12,17,20H,13H2,1-8H3,(H,25,28)/t17-,20+/m1/s1. The molecule has 2 aromatic heterocycles. The fraction of sp³-hybridized carbons (Fsp3) is 0.522. The Balaban J connectivity index is 2.14. The number of pyridine rings is 1. The van der Waals surface area contributed by atoms with Gasteiger partial charge in [-0.25, -0.2) is 14.6 Å². The van der Waals surface area contributed by atoms with Gasteiger partial charge in [-0.1, -0.05) is 6.92 Å². The van der Waals surface area contributed by atoms with Crippen LogP contribution >= 0.6 is 11.8 Å². The van der Waals surface area contributed by atoms with Gasteiger partial charge in [-0.3, -0.25) is 0 Å². The van der Waals surface area contributed by atoms with Crippen molar-refractivity contribution in [2.45, 2.75) is 71.1 Å². The minimum atomic E-state index is -0.830. The van der Waals surface area contributed by atoms with Crippen molar-refractivity contribution < 1.29 is 19.1 Å². The third-order valence-electron chi connectivity index (χ3n) is 4.60. The SMILES string of the molecule is COC(=O)[C@@H](NC(=O)OC(C)(C)C)[C@@H](C)SCc1cc(C)cc(-n2c(C)ccc2C)n1. The van der Waals surface area contributed by atoms with Crippen LogP contribution in [0.15, 0.2) is 24.3 Å². The Morgan fingerprint density at radius 1 is 1.16 bits per heavy atom. The Labute approximate surface area is 188 Å². The van der Waals surface area contributed by atoms with E-state index in [0.717, 1.165) is 28.5 Å². The fourth-order valence-corrected chi connectivity index (χ4v) is 4.13. The molecule has 0 unspecified atom stereocenters. The summed E-state index contributed by atoms with van der Waals surface area (Å²) in [4.78, 5) is 29.3. The van der Waals surface area contributed by atoms with Crippen molar-refractivity contribution in [1.82, 2.24) is 14.9 Å². The van der Waals surface area contributed by atoms with Gasteiger partial charge in [0, 0.05) is 22.4 Å². The van der Waals surface area contributed by atoms with Crippen LogP contribution in [0, 0.1) is 20.8 Å². The van der Waals surface area contributed by atoms with Crippen LogP contribution in [-0.4, -0.2) is 45.6 Å². The lowest BCUT2D eigenvalue weighted by Gasteiger charge is -2.25. The van der Waals surface area contributed by atoms with Gasteiger partial charge in [0.05, 0.1) is 12.8 Å². The number of alkyl carbamates (subject to hydrolysis) is 1. The molecule has 2 atom stereocenters. The van der Waals surface area contributed by atoms with Crippen molar-refractivity contribution in [1.29, 1.82) is 0 Å². The molecule has 1 N–H and O–H groups in total. The van der Waals surface area contributed by atoms with E-state index < -0.39 is 23.7 Å². The minimum Gasteiger partial charge on any atom is -0.467 e. The van der Waals surface area contributed by atoms with Gasteiger partial charge >= 0.3 is 12.1 Å². The number of nitrogens with zero attached hydrogens (tertiary/aromatic N) is 2. The molecule has 0 fully saturated rings. The van der Waals surface area contributed by atoms with E-state index in [1.54, 1.807) is 20.8 Å². The molecule has 8 heteroatoms. The zero-order valence-corrected chi connectivity index (χ0v) is 20.4. The second-order valence-corrected chi connectivity index (χ2v) is 9.97. The van der Waals surface area contributed by atoms with E-state index in [9.17, 15) is 9.59 Å². The molecule has 0 spiro atoms. The number of carbonyl (C=O) groups excluding carboxylic acids is 2. The molecule has 0 aromatic carbocycles. The zero-order valence-electron chi connectivity index (χ0n) is 19.6. The second kappa shape index (κ2) is 10.2. The maximum absolute atomic E-state index is 12.3. The highest BCUT2D eigenvalue weighted by molar-refractivity contribution is 7.99. The number of aryl methyl sites for hydroxylation is 3. The van der Waals surface area contributed by atoms with E-state index >= 15 is 0 Å². The Kier molecular flexibility index (Phi) is 8.17. The van der Waals surface area contributed by atoms with Crippen molar-refractivity contribution >= 4 is 23.8 Å². The summed E-state index contributed by atoms with van der Waals surface area (Å²) in [6, 6.07) is 7.39. The van der Waals surface area contributed by atoms with Gasteiger partial charge in [-0.2, -0.15) is 0 Å². The molecule has 2 rings (SSSR count). The van der Waals surface area contributed by atoms with E-state index in [-0.39, 0.29) is 5.25 Å². The number of ether oxygens (including phenoxy) is 2. The Bertz CT molecular complexity index is 914. The molecule has 1 amide bonds. The predicted molar refractivity (Wildman–Crippen MR) is 124 cm³/mol. The van der Waals surface area contributed by atoms with Crippen molar-refractivity contribution in [3.8, 4) is 5.82 Å². The van der Waals surface area contributed by atoms with Gasteiger partial charge < -0.3 is 19.4 Å². The monoisotopic (exact) mass is 447 g/mol. The number of methoxy groups -OCH3 is 1. The normalized spacial score (nSPS) is 13.4. The van der Waals surface area contributed by atoms with Crippen molar-refractivity contribution in [2.75, 3.05) is 7.11 Å². The van der Waals surface area contributed by atoms with Crippen molar-refractivity contribution in [2.24, 2.45) is 0 Å². The average molecular weight is 448 g/mol. The molecule has 0 aliphatic heterocycles. The van der Waals surface area contributed by atoms with E-state index in [0.29, 0.717) is 5.75 Å². The lowest BCUT2D eigenvalue weighted by molar-refractivity contribution is -0.143. The van der Waals surface area contributed by atoms with Crippen LogP contribution in [0.4, 0.5) is 4.79 Å². The summed E-state index contributed by atoms with van der Waals surface area (Å²) >= 11 is 1.52. The van der Waals surface area contributed by atoms with E-state index in [1.807, 2.05) is 19.9 Å². The number of rotatable bonds is 7. The average Bonchev–Trinajstić information content (AvgIpc) is 3.00. The van der Waals surface area contributed by atoms with Gasteiger partial charge in [0.25, 0.3) is 0 Å². The Morgan fingerprint density at radius 3 is 2.32 bits per heavy atom. The number of aromatic nitrogens is 2. The third kappa shape index (κ3) is 7.02. The number of thioether (sulfide) groups is 1. The topological polar surface area (TPSA) is 82.5 Å². The fourth-order valence-electron chi connectivity index (χ4n) is 3.18. The van der Waals surface area contributed by atoms with Gasteiger partial charge in [-0.15, -0.1) is 11.8 Å². The van der Waals surface area contributed by atoms with E-state index in [2.05, 4.69) is 41.9 Å². The van der Waals surface area contributed by atoms with Gasteiger partial charge in [0.15, 0.2) is 0 Å². The van der Waals surface area contributed by atoms with E-state index in [4.69, 9.17) is 14.5 Å². The van der Waals surface area contributed by atoms with Gasteiger partial charge in [0.1, 0.15) is 17.5 Å². The third-order valence-corrected chi connectivity index (χ3v) is 5.86. The molecule has 0 aliphatic carbocycles. The molecular formula is C23H33N3O4S. The first kappa shape index (κ1) is 24.8. The summed E-state index contributed by atoms with van der Waals surface area (Å²) in [6.45, 7) is 13.3. The molecule has 2 aromatic rings. The van der Waals surface area contributed by atoms with Crippen LogP contribution in [0.5, 0.6) is 0 Å². The molecular weight excluding hydrogens is 414 g/mol. The van der Waals surface area contributed by atoms with Crippen LogP contribution in [0.25, 0.3) is 5.82 Å². The summed E-state index contributed by atoms with van der Waals surface area (Å²) < 4.78 is 12.3. The molecule has 0 radical (unpaired) electrons. The first-order chi connectivity index (χ1) is 14.4. The first-order valence-corrected chi connectivity index (χ1v) is 11.3. The Hall–Kier alpha value is -2.48. The molecule has 0 saturated carbocycles. The largest absolute Gasteiger partial charge is 0.467 e. The van der Waals surface area contributed by atoms with Crippen molar-refractivity contribution in [3.63, 3.8) is 0 Å². The van der Waals surface area contributed by atoms with Crippen LogP contribution in [0.1, 0.15) is 50.3 Å². The highest BCUT2D eigenvalue weighted by atomic mass is 32.2. The molecule has 0 saturated heterocycles. The number of esters is 1. The molecule has 170 valence electrons. The molecule has 0 aliphatic rings. The molecule has 7 nitrogen and oxygen atoms in total. The van der Waals surface area contributed by atoms with Crippen LogP contribution in [0.2, 0.25) is 0 Å². The minimum absolute atomic E-state index is 0.249. The number of amides is 1. The maximum atomic E-state index is 12.3. The second-order valence-electron chi connectivity index (χ2n) is 8.61. The van der Waals surface area contributed by atoms with Crippen LogP contribution < -0.4 is 5.32 Å². The number of hydrogen-bond donors (Lipinski definition) is 1. The highest BCUT2D eigenvalue weighted by Gasteiger charge is 2.30. The molecule has 31 heavy (non-hydrogen) atoms. The highest BCUT2D eigenvalue weighted by Crippen LogP contribution is 2.23. The quantitative estimate of drug-likeness (QED) is 0.630. The lowest BCUT2D eigenvalue weighted by Crippen LogP contribution is -2.48. The smallest absolute Gasteiger partial charge is 0.408 e. The van der Waals surface area contributed by atoms with E-state index in [1.165, 1.54) is 18.9 Å². The first-order valence-electron chi connectivity index (χ1n) is 10.2. The summed E-state index contributed by atoms with van der Waals surface area (Å²) in [5.41, 5.74) is 3.60. The van der Waals surface area contributed by atoms with Crippen LogP contribution in [-0.2, 0) is 20.0 Å².